The van der Waals surface area contributed by atoms with Crippen molar-refractivity contribution in [1.82, 2.24) is 5.32 Å². The summed E-state index contributed by atoms with van der Waals surface area (Å²) in [6.07, 6.45) is 3.72. The van der Waals surface area contributed by atoms with Gasteiger partial charge in [0.25, 0.3) is 0 Å². The second-order valence-corrected chi connectivity index (χ2v) is 5.34. The minimum absolute atomic E-state index is 0.136. The standard InChI is InChI=1S/C16H24N2O2/c1-18-10-4-5-14-11-13(7-8-15(14)18)12-17-9-3-6-16(19)20-2/h7-8,11,17H,3-6,9-10,12H2,1-2H3. The molecule has 0 saturated carbocycles. The zero-order valence-corrected chi connectivity index (χ0v) is 12.4. The highest BCUT2D eigenvalue weighted by molar-refractivity contribution is 5.69. The van der Waals surface area contributed by atoms with E-state index in [9.17, 15) is 4.79 Å². The lowest BCUT2D eigenvalue weighted by Crippen LogP contribution is -2.25. The number of carbonyl (C=O) groups excluding carboxylic acids is 1. The molecule has 0 unspecified atom stereocenters. The molecule has 4 nitrogen and oxygen atoms in total. The van der Waals surface area contributed by atoms with Crippen LogP contribution in [0.5, 0.6) is 0 Å². The topological polar surface area (TPSA) is 41.6 Å². The quantitative estimate of drug-likeness (QED) is 0.638. The maximum atomic E-state index is 11.0. The number of benzene rings is 1. The Labute approximate surface area is 121 Å². The predicted molar refractivity (Wildman–Crippen MR) is 81.0 cm³/mol. The average molecular weight is 276 g/mol. The van der Waals surface area contributed by atoms with Gasteiger partial charge < -0.3 is 15.0 Å². The van der Waals surface area contributed by atoms with E-state index in [1.165, 1.54) is 36.8 Å². The zero-order chi connectivity index (χ0) is 14.4. The molecule has 0 fully saturated rings. The molecule has 110 valence electrons. The summed E-state index contributed by atoms with van der Waals surface area (Å²) in [6.45, 7) is 2.85. The number of nitrogens with one attached hydrogen (secondary N) is 1. The maximum absolute atomic E-state index is 11.0. The number of anilines is 1. The van der Waals surface area contributed by atoms with Gasteiger partial charge in [-0.2, -0.15) is 0 Å². The Hall–Kier alpha value is -1.55. The molecule has 20 heavy (non-hydrogen) atoms. The van der Waals surface area contributed by atoms with Gasteiger partial charge in [0.15, 0.2) is 0 Å². The van der Waals surface area contributed by atoms with Gasteiger partial charge in [0.1, 0.15) is 0 Å². The summed E-state index contributed by atoms with van der Waals surface area (Å²) in [5, 5.41) is 3.38. The van der Waals surface area contributed by atoms with Crippen molar-refractivity contribution >= 4 is 11.7 Å². The fraction of sp³-hybridized carbons (Fsp3) is 0.562. The molecule has 0 aliphatic carbocycles. The van der Waals surface area contributed by atoms with Gasteiger partial charge in [-0.1, -0.05) is 12.1 Å². The molecular formula is C16H24N2O2. The number of fused-ring (bicyclic) bond motifs is 1. The lowest BCUT2D eigenvalue weighted by molar-refractivity contribution is -0.140. The minimum Gasteiger partial charge on any atom is -0.469 e. The van der Waals surface area contributed by atoms with Crippen LogP contribution in [-0.4, -0.2) is 33.2 Å². The van der Waals surface area contributed by atoms with E-state index in [-0.39, 0.29) is 5.97 Å². The molecular weight excluding hydrogens is 252 g/mol. The first-order valence-corrected chi connectivity index (χ1v) is 7.31. The lowest BCUT2D eigenvalue weighted by atomic mass is 9.99. The normalized spacial score (nSPS) is 14.0. The highest BCUT2D eigenvalue weighted by Gasteiger charge is 2.13. The van der Waals surface area contributed by atoms with E-state index in [0.717, 1.165) is 26.1 Å². The molecule has 0 radical (unpaired) electrons. The lowest BCUT2D eigenvalue weighted by Gasteiger charge is -2.27. The Morgan fingerprint density at radius 2 is 2.30 bits per heavy atom. The molecule has 2 rings (SSSR count). The number of rotatable bonds is 6. The van der Waals surface area contributed by atoms with Crippen molar-refractivity contribution in [1.29, 1.82) is 0 Å². The predicted octanol–water partition coefficient (Wildman–Crippen LogP) is 2.11. The van der Waals surface area contributed by atoms with Crippen molar-refractivity contribution in [2.45, 2.75) is 32.2 Å². The second-order valence-electron chi connectivity index (χ2n) is 5.34. The summed E-state index contributed by atoms with van der Waals surface area (Å²) in [7, 11) is 3.59. The first-order chi connectivity index (χ1) is 9.70. The van der Waals surface area contributed by atoms with Gasteiger partial charge in [0, 0.05) is 32.2 Å². The number of ether oxygens (including phenoxy) is 1. The van der Waals surface area contributed by atoms with Gasteiger partial charge in [-0.3, -0.25) is 4.79 Å². The van der Waals surface area contributed by atoms with Crippen molar-refractivity contribution in [3.63, 3.8) is 0 Å². The average Bonchev–Trinajstić information content (AvgIpc) is 2.46. The number of aryl methyl sites for hydroxylation is 1. The Morgan fingerprint density at radius 3 is 3.10 bits per heavy atom. The largest absolute Gasteiger partial charge is 0.469 e. The summed E-state index contributed by atoms with van der Waals surface area (Å²) in [5.41, 5.74) is 4.13. The van der Waals surface area contributed by atoms with Crippen molar-refractivity contribution in [3.05, 3.63) is 29.3 Å². The van der Waals surface area contributed by atoms with E-state index in [1.807, 2.05) is 0 Å². The zero-order valence-electron chi connectivity index (χ0n) is 12.4. The number of hydrogen-bond donors (Lipinski definition) is 1. The van der Waals surface area contributed by atoms with Crippen LogP contribution in [0.15, 0.2) is 18.2 Å². The van der Waals surface area contributed by atoms with Gasteiger partial charge in [-0.05, 0) is 43.0 Å². The second kappa shape index (κ2) is 7.29. The number of methoxy groups -OCH3 is 1. The first kappa shape index (κ1) is 14.9. The van der Waals surface area contributed by atoms with E-state index in [2.05, 4.69) is 40.2 Å². The molecule has 1 aliphatic rings. The Kier molecular flexibility index (Phi) is 5.41. The van der Waals surface area contributed by atoms with Crippen molar-refractivity contribution < 1.29 is 9.53 Å². The van der Waals surface area contributed by atoms with E-state index in [1.54, 1.807) is 0 Å². The summed E-state index contributed by atoms with van der Waals surface area (Å²) < 4.78 is 4.62. The van der Waals surface area contributed by atoms with Crippen LogP contribution < -0.4 is 10.2 Å². The number of hydrogen-bond acceptors (Lipinski definition) is 4. The fourth-order valence-corrected chi connectivity index (χ4v) is 2.64. The van der Waals surface area contributed by atoms with Crippen LogP contribution in [0.25, 0.3) is 0 Å². The summed E-state index contributed by atoms with van der Waals surface area (Å²) in [5.74, 6) is -0.136. The molecule has 0 saturated heterocycles. The molecule has 1 heterocycles. The molecule has 0 amide bonds. The van der Waals surface area contributed by atoms with Gasteiger partial charge in [-0.15, -0.1) is 0 Å². The fourth-order valence-electron chi connectivity index (χ4n) is 2.64. The van der Waals surface area contributed by atoms with Crippen LogP contribution in [0.1, 0.15) is 30.4 Å². The van der Waals surface area contributed by atoms with E-state index in [4.69, 9.17) is 0 Å². The number of esters is 1. The van der Waals surface area contributed by atoms with Gasteiger partial charge in [-0.25, -0.2) is 0 Å². The Morgan fingerprint density at radius 1 is 1.45 bits per heavy atom. The first-order valence-electron chi connectivity index (χ1n) is 7.31. The number of nitrogens with zero attached hydrogens (tertiary/aromatic N) is 1. The third-order valence-electron chi connectivity index (χ3n) is 3.79. The smallest absolute Gasteiger partial charge is 0.305 e. The molecule has 0 atom stereocenters. The van der Waals surface area contributed by atoms with Crippen molar-refractivity contribution in [3.8, 4) is 0 Å². The molecule has 0 aromatic heterocycles. The Balaban J connectivity index is 1.78. The van der Waals surface area contributed by atoms with E-state index >= 15 is 0 Å². The highest BCUT2D eigenvalue weighted by atomic mass is 16.5. The third kappa shape index (κ3) is 3.97. The van der Waals surface area contributed by atoms with Crippen molar-refractivity contribution in [2.24, 2.45) is 0 Å². The summed E-state index contributed by atoms with van der Waals surface area (Å²) in [6, 6.07) is 6.71. The van der Waals surface area contributed by atoms with Gasteiger partial charge in [0.2, 0.25) is 0 Å². The highest BCUT2D eigenvalue weighted by Crippen LogP contribution is 2.26. The number of carbonyl (C=O) groups is 1. The summed E-state index contributed by atoms with van der Waals surface area (Å²) in [4.78, 5) is 13.3. The molecule has 0 spiro atoms. The van der Waals surface area contributed by atoms with Gasteiger partial charge >= 0.3 is 5.97 Å². The van der Waals surface area contributed by atoms with Crippen LogP contribution in [0.4, 0.5) is 5.69 Å². The monoisotopic (exact) mass is 276 g/mol. The summed E-state index contributed by atoms with van der Waals surface area (Å²) >= 11 is 0. The van der Waals surface area contributed by atoms with Crippen LogP contribution in [0, 0.1) is 0 Å². The molecule has 1 aliphatic heterocycles. The van der Waals surface area contributed by atoms with Crippen molar-refractivity contribution in [2.75, 3.05) is 32.1 Å². The molecule has 0 bridgehead atoms. The molecule has 1 N–H and O–H groups in total. The van der Waals surface area contributed by atoms with Gasteiger partial charge in [0.05, 0.1) is 7.11 Å². The molecule has 1 aromatic carbocycles. The maximum Gasteiger partial charge on any atom is 0.305 e. The van der Waals surface area contributed by atoms with E-state index in [0.29, 0.717) is 6.42 Å². The molecule has 4 heteroatoms. The van der Waals surface area contributed by atoms with E-state index < -0.39 is 0 Å². The van der Waals surface area contributed by atoms with Crippen LogP contribution in [-0.2, 0) is 22.5 Å². The third-order valence-corrected chi connectivity index (χ3v) is 3.79. The molecule has 1 aromatic rings. The van der Waals surface area contributed by atoms with Crippen LogP contribution >= 0.6 is 0 Å². The van der Waals surface area contributed by atoms with Crippen LogP contribution in [0.2, 0.25) is 0 Å². The minimum atomic E-state index is -0.136. The van der Waals surface area contributed by atoms with Crippen LogP contribution in [0.3, 0.4) is 0 Å². The SMILES string of the molecule is COC(=O)CCCNCc1ccc2c(c1)CCCN2C. The Bertz CT molecular complexity index is 460.